The van der Waals surface area contributed by atoms with E-state index in [2.05, 4.69) is 0 Å². The largest absolute Gasteiger partial charge is 0.870 e. The molecular weight excluding hydrogens is 211 g/mol. The van der Waals surface area contributed by atoms with Gasteiger partial charge in [-0.3, -0.25) is 0 Å². The van der Waals surface area contributed by atoms with E-state index in [1.165, 1.54) is 0 Å². The third-order valence-corrected chi connectivity index (χ3v) is 0. The van der Waals surface area contributed by atoms with E-state index < -0.39 is 0 Å². The summed E-state index contributed by atoms with van der Waals surface area (Å²) in [7, 11) is 0. The maximum absolute atomic E-state index is 0. The van der Waals surface area contributed by atoms with Crippen LogP contribution >= 0.6 is 0 Å². The van der Waals surface area contributed by atoms with Gasteiger partial charge in [-0.1, -0.05) is 0 Å². The van der Waals surface area contributed by atoms with Crippen molar-refractivity contribution in [3.63, 3.8) is 0 Å². The van der Waals surface area contributed by atoms with Gasteiger partial charge < -0.3 is 5.48 Å². The van der Waals surface area contributed by atoms with E-state index in [-0.39, 0.29) is 80.0 Å². The summed E-state index contributed by atoms with van der Waals surface area (Å²) in [6.07, 6.45) is 0. The van der Waals surface area contributed by atoms with Crippen molar-refractivity contribution in [2.45, 2.75) is 0 Å². The maximum atomic E-state index is 0. The Bertz CT molecular complexity index is 11.6. The van der Waals surface area contributed by atoms with Crippen molar-refractivity contribution in [2.75, 3.05) is 0 Å². The Labute approximate surface area is 79.2 Å². The summed E-state index contributed by atoms with van der Waals surface area (Å²) in [5.74, 6) is 0. The first-order valence-electron chi connectivity index (χ1n) is 0. The average Bonchev–Trinajstić information content (AvgIpc) is 0. The molecule has 0 heterocycles. The fourth-order valence-electron chi connectivity index (χ4n) is 0. The monoisotopic (exact) mass is 212 g/mol. The van der Waals surface area contributed by atoms with Crippen molar-refractivity contribution < 1.29 is 57.0 Å². The van der Waals surface area contributed by atoms with Crippen LogP contribution in [-0.4, -0.2) is 28.5 Å². The Balaban J connectivity index is 0. The Kier molecular flexibility index (Phi) is 367. The maximum Gasteiger partial charge on any atom is 0 e. The third-order valence-electron chi connectivity index (χ3n) is 0. The van der Waals surface area contributed by atoms with Crippen LogP contribution in [0, 0.1) is 0 Å². The summed E-state index contributed by atoms with van der Waals surface area (Å²) >= 11 is 0. The van der Waals surface area contributed by atoms with Crippen LogP contribution in [0.25, 0.3) is 0 Å². The summed E-state index contributed by atoms with van der Waals surface area (Å²) in [6.45, 7) is 0. The van der Waals surface area contributed by atoms with Crippen LogP contribution in [0.1, 0.15) is 0 Å². The van der Waals surface area contributed by atoms with Crippen molar-refractivity contribution >= 4 is 23.1 Å². The predicted octanol–water partition coefficient (Wildman–Crippen LogP) is -0.833. The second-order valence-electron chi connectivity index (χ2n) is 0. The smallest absolute Gasteiger partial charge is 0 e. The first kappa shape index (κ1) is 54.8. The molecule has 0 atom stereocenters. The van der Waals surface area contributed by atoms with Crippen molar-refractivity contribution in [2.24, 2.45) is 0 Å². The van der Waals surface area contributed by atoms with Gasteiger partial charge in [-0.25, -0.2) is 0 Å². The summed E-state index contributed by atoms with van der Waals surface area (Å²) in [5, 5.41) is 0. The molecule has 0 rings (SSSR count). The zero-order chi connectivity index (χ0) is 0. The van der Waals surface area contributed by atoms with E-state index in [1.54, 1.807) is 0 Å². The zero-order valence-electron chi connectivity index (χ0n) is 2.53. The normalized spacial score (nSPS) is 0. The molecule has 0 aromatic rings. The molecule has 1 N–H and O–H groups in total. The second-order valence-corrected chi connectivity index (χ2v) is 0. The Morgan fingerprint density at radius 1 is 1.00 bits per heavy atom. The Morgan fingerprint density at radius 2 is 1.00 bits per heavy atom. The molecule has 1 nitrogen and oxygen atoms in total. The molecule has 0 saturated heterocycles. The van der Waals surface area contributed by atoms with Crippen LogP contribution in [0.2, 0.25) is 0 Å². The van der Waals surface area contributed by atoms with Crippen LogP contribution in [0.5, 0.6) is 0 Å². The number of hydrogen-bond donors (Lipinski definition) is 0. The van der Waals surface area contributed by atoms with E-state index in [0.717, 1.165) is 0 Å². The molecule has 0 spiro atoms. The van der Waals surface area contributed by atoms with E-state index in [0.29, 0.717) is 0 Å². The second kappa shape index (κ2) is 33.5. The topological polar surface area (TPSA) is 30.0 Å². The summed E-state index contributed by atoms with van der Waals surface area (Å²) in [6, 6.07) is 0. The van der Waals surface area contributed by atoms with Gasteiger partial charge in [0.05, 0.1) is 0 Å². The molecule has 0 aromatic heterocycles. The quantitative estimate of drug-likeness (QED) is 0.482. The summed E-state index contributed by atoms with van der Waals surface area (Å²) < 4.78 is 0. The predicted molar refractivity (Wildman–Crippen MR) is 9.08 cm³/mol. The molecular formula is H2CrCuMgMnO. The molecule has 34 valence electrons. The van der Waals surface area contributed by atoms with Crippen LogP contribution in [0.15, 0.2) is 0 Å². The van der Waals surface area contributed by atoms with Gasteiger partial charge in [0, 0.05) is 51.5 Å². The zero-order valence-corrected chi connectivity index (χ0v) is 7.93. The van der Waals surface area contributed by atoms with Crippen LogP contribution < -0.4 is 0 Å². The molecule has 0 aliphatic carbocycles. The van der Waals surface area contributed by atoms with Crippen molar-refractivity contribution in [1.29, 1.82) is 0 Å². The van der Waals surface area contributed by atoms with Crippen LogP contribution in [0.4, 0.5) is 0 Å². The average molecular weight is 213 g/mol. The van der Waals surface area contributed by atoms with E-state index in [9.17, 15) is 0 Å². The van der Waals surface area contributed by atoms with Crippen molar-refractivity contribution in [1.82, 2.24) is 0 Å². The van der Waals surface area contributed by atoms with E-state index in [1.807, 2.05) is 0 Å². The van der Waals surface area contributed by atoms with Gasteiger partial charge in [-0.05, 0) is 0 Å². The van der Waals surface area contributed by atoms with Gasteiger partial charge >= 0.3 is 23.1 Å². The first-order chi connectivity index (χ1) is 0. The number of hydrogen-bond acceptors (Lipinski definition) is 1. The molecule has 0 aliphatic rings. The van der Waals surface area contributed by atoms with Crippen molar-refractivity contribution in [3.05, 3.63) is 0 Å². The summed E-state index contributed by atoms with van der Waals surface area (Å²) in [4.78, 5) is 0. The molecule has 5 heteroatoms. The Hall–Kier alpha value is 2.30. The molecule has 2 radical (unpaired) electrons. The summed E-state index contributed by atoms with van der Waals surface area (Å²) in [5.41, 5.74) is 0. The minimum absolute atomic E-state index is 0. The minimum atomic E-state index is 0. The van der Waals surface area contributed by atoms with Crippen LogP contribution in [0.3, 0.4) is 0 Å². The van der Waals surface area contributed by atoms with Crippen LogP contribution in [-0.2, 0) is 51.5 Å². The fraction of sp³-hybridized carbons (Fsp3) is 0. The van der Waals surface area contributed by atoms with Gasteiger partial charge in [-0.2, -0.15) is 0 Å². The van der Waals surface area contributed by atoms with Crippen molar-refractivity contribution in [3.8, 4) is 0 Å². The molecule has 0 amide bonds. The fourth-order valence-corrected chi connectivity index (χ4v) is 0. The molecule has 0 fully saturated rings. The molecule has 0 aliphatic heterocycles. The van der Waals surface area contributed by atoms with E-state index >= 15 is 0 Å². The standard InChI is InChI=1S/Cr.Cu.Mg.Mn.H2O.H/h;;;;1H2;/q;;+1;;;/p-1. The molecule has 0 unspecified atom stereocenters. The first-order valence-corrected chi connectivity index (χ1v) is 0. The van der Waals surface area contributed by atoms with E-state index in [4.69, 9.17) is 0 Å². The van der Waals surface area contributed by atoms with Gasteiger partial charge in [0.25, 0.3) is 0 Å². The van der Waals surface area contributed by atoms with Gasteiger partial charge in [0.15, 0.2) is 0 Å². The SMILES string of the molecule is [Cr].[Cu].[MgH+].[Mn].[OH-]. The van der Waals surface area contributed by atoms with Gasteiger partial charge in [0.2, 0.25) is 0 Å². The third kappa shape index (κ3) is 22.0. The minimum Gasteiger partial charge on any atom is -0.870 e. The number of rotatable bonds is 0. The molecule has 0 saturated carbocycles. The van der Waals surface area contributed by atoms with Gasteiger partial charge in [-0.15, -0.1) is 0 Å². The van der Waals surface area contributed by atoms with Gasteiger partial charge in [0.1, 0.15) is 0 Å². The Morgan fingerprint density at radius 3 is 1.00 bits per heavy atom. The molecule has 5 heavy (non-hydrogen) atoms. The molecule has 0 aromatic carbocycles. The molecule has 0 bridgehead atoms.